The van der Waals surface area contributed by atoms with Gasteiger partial charge in [-0.1, -0.05) is 66.4 Å². The predicted octanol–water partition coefficient (Wildman–Crippen LogP) is 3.53. The van der Waals surface area contributed by atoms with Gasteiger partial charge in [-0.2, -0.15) is 0 Å². The molecule has 126 valence electrons. The van der Waals surface area contributed by atoms with Gasteiger partial charge in [0.05, 0.1) is 12.2 Å². The zero-order valence-electron chi connectivity index (χ0n) is 13.0. The van der Waals surface area contributed by atoms with Crippen LogP contribution >= 0.6 is 35.7 Å². The van der Waals surface area contributed by atoms with Gasteiger partial charge >= 0.3 is 0 Å². The third kappa shape index (κ3) is 3.19. The zero-order valence-corrected chi connectivity index (χ0v) is 15.5. The lowest BCUT2D eigenvalue weighted by Crippen LogP contribution is -2.42. The van der Waals surface area contributed by atoms with E-state index in [1.165, 1.54) is 23.5 Å². The molecular weight excluding hydrogens is 372 g/mol. The van der Waals surface area contributed by atoms with Gasteiger partial charge in [-0.15, -0.1) is 11.8 Å². The molecule has 7 heteroatoms. The second-order valence-corrected chi connectivity index (χ2v) is 8.70. The van der Waals surface area contributed by atoms with Crippen LogP contribution in [0.5, 0.6) is 0 Å². The number of benzene rings is 2. The van der Waals surface area contributed by atoms with Crippen molar-refractivity contribution in [3.63, 3.8) is 0 Å². The monoisotopic (exact) mass is 386 g/mol. The van der Waals surface area contributed by atoms with Crippen molar-refractivity contribution in [1.82, 2.24) is 4.90 Å². The number of fused-ring (bicyclic) bond motifs is 1. The Hall–Kier alpha value is -1.83. The van der Waals surface area contributed by atoms with E-state index in [-0.39, 0.29) is 11.8 Å². The molecule has 2 aliphatic rings. The van der Waals surface area contributed by atoms with Gasteiger partial charge in [0.2, 0.25) is 11.8 Å². The van der Waals surface area contributed by atoms with Crippen LogP contribution in [-0.2, 0) is 16.1 Å². The SMILES string of the molecule is O=C1Nc2ccccc2SC1C1SC(=S)N(Cc2ccccc2)C1=O. The standard InChI is InChI=1S/C18H14N2O2S3/c21-16-14(24-13-9-5-4-8-12(13)19-16)15-17(22)20(18(23)25-15)10-11-6-2-1-3-7-11/h1-9,14-15H,10H2,(H,19,21). The quantitative estimate of drug-likeness (QED) is 0.818. The third-order valence-corrected chi connectivity index (χ3v) is 7.25. The van der Waals surface area contributed by atoms with Crippen molar-refractivity contribution in [3.05, 3.63) is 60.2 Å². The van der Waals surface area contributed by atoms with E-state index in [1.54, 1.807) is 4.90 Å². The molecule has 4 nitrogen and oxygen atoms in total. The fourth-order valence-corrected chi connectivity index (χ4v) is 5.69. The first kappa shape index (κ1) is 16.6. The molecule has 1 fully saturated rings. The highest BCUT2D eigenvalue weighted by molar-refractivity contribution is 8.24. The average Bonchev–Trinajstić information content (AvgIpc) is 2.90. The number of hydrogen-bond acceptors (Lipinski definition) is 5. The second kappa shape index (κ2) is 6.82. The number of carbonyl (C=O) groups is 2. The Bertz CT molecular complexity index is 856. The Morgan fingerprint density at radius 2 is 1.68 bits per heavy atom. The van der Waals surface area contributed by atoms with E-state index in [2.05, 4.69) is 5.32 Å². The number of thioether (sulfide) groups is 2. The molecular formula is C18H14N2O2S3. The highest BCUT2D eigenvalue weighted by atomic mass is 32.2. The zero-order chi connectivity index (χ0) is 17.4. The molecule has 2 amide bonds. The first-order valence-electron chi connectivity index (χ1n) is 7.76. The molecule has 2 unspecified atom stereocenters. The van der Waals surface area contributed by atoms with Crippen LogP contribution in [-0.4, -0.2) is 31.5 Å². The van der Waals surface area contributed by atoms with Gasteiger partial charge in [0, 0.05) is 4.90 Å². The van der Waals surface area contributed by atoms with Crippen LogP contribution in [0, 0.1) is 0 Å². The van der Waals surface area contributed by atoms with Gasteiger partial charge in [-0.05, 0) is 17.7 Å². The Balaban J connectivity index is 1.55. The Morgan fingerprint density at radius 3 is 2.48 bits per heavy atom. The lowest BCUT2D eigenvalue weighted by atomic mass is 10.2. The van der Waals surface area contributed by atoms with Crippen LogP contribution in [0.1, 0.15) is 5.56 Å². The van der Waals surface area contributed by atoms with E-state index in [1.807, 2.05) is 54.6 Å². The van der Waals surface area contributed by atoms with Crippen LogP contribution in [0.2, 0.25) is 0 Å². The summed E-state index contributed by atoms with van der Waals surface area (Å²) in [7, 11) is 0. The summed E-state index contributed by atoms with van der Waals surface area (Å²) in [5.41, 5.74) is 1.82. The minimum atomic E-state index is -0.491. The Morgan fingerprint density at radius 1 is 0.960 bits per heavy atom. The van der Waals surface area contributed by atoms with E-state index in [0.29, 0.717) is 10.9 Å². The largest absolute Gasteiger partial charge is 0.324 e. The minimum absolute atomic E-state index is 0.0918. The molecule has 0 bridgehead atoms. The molecule has 25 heavy (non-hydrogen) atoms. The molecule has 4 rings (SSSR count). The van der Waals surface area contributed by atoms with Crippen molar-refractivity contribution in [2.24, 2.45) is 0 Å². The molecule has 2 atom stereocenters. The van der Waals surface area contributed by atoms with Gasteiger partial charge in [0.1, 0.15) is 14.8 Å². The summed E-state index contributed by atoms with van der Waals surface area (Å²) in [6.45, 7) is 0.442. The number of amides is 2. The van der Waals surface area contributed by atoms with Crippen LogP contribution in [0.15, 0.2) is 59.5 Å². The van der Waals surface area contributed by atoms with Gasteiger partial charge in [0.15, 0.2) is 0 Å². The molecule has 1 saturated heterocycles. The van der Waals surface area contributed by atoms with Crippen molar-refractivity contribution in [2.45, 2.75) is 21.9 Å². The van der Waals surface area contributed by atoms with Crippen LogP contribution in [0.4, 0.5) is 5.69 Å². The first-order valence-corrected chi connectivity index (χ1v) is 9.93. The van der Waals surface area contributed by atoms with Gasteiger partial charge in [-0.3, -0.25) is 14.5 Å². The molecule has 2 aromatic carbocycles. The van der Waals surface area contributed by atoms with E-state index in [0.717, 1.165) is 16.1 Å². The molecule has 0 saturated carbocycles. The fourth-order valence-electron chi connectivity index (χ4n) is 2.83. The summed E-state index contributed by atoms with van der Waals surface area (Å²) in [5.74, 6) is -0.232. The van der Waals surface area contributed by atoms with Crippen LogP contribution in [0.25, 0.3) is 0 Å². The number of rotatable bonds is 3. The van der Waals surface area contributed by atoms with Crippen LogP contribution < -0.4 is 5.32 Å². The van der Waals surface area contributed by atoms with E-state index >= 15 is 0 Å². The lowest BCUT2D eigenvalue weighted by Gasteiger charge is -2.26. The summed E-state index contributed by atoms with van der Waals surface area (Å²) in [4.78, 5) is 28.0. The number of nitrogens with zero attached hydrogens (tertiary/aromatic N) is 1. The summed E-state index contributed by atoms with van der Waals surface area (Å²) < 4.78 is 0.533. The maximum atomic E-state index is 12.9. The van der Waals surface area contributed by atoms with E-state index < -0.39 is 10.5 Å². The Labute approximate surface area is 159 Å². The smallest absolute Gasteiger partial charge is 0.243 e. The molecule has 2 aromatic rings. The molecule has 0 aromatic heterocycles. The van der Waals surface area contributed by atoms with E-state index in [4.69, 9.17) is 12.2 Å². The molecule has 2 heterocycles. The Kier molecular flexibility index (Phi) is 4.54. The molecule has 1 N–H and O–H groups in total. The van der Waals surface area contributed by atoms with Gasteiger partial charge in [0.25, 0.3) is 0 Å². The first-order chi connectivity index (χ1) is 12.1. The third-order valence-electron chi connectivity index (χ3n) is 4.07. The molecule has 0 aliphatic carbocycles. The lowest BCUT2D eigenvalue weighted by molar-refractivity contribution is -0.128. The number of thiocarbonyl (C=S) groups is 1. The molecule has 0 radical (unpaired) electrons. The van der Waals surface area contributed by atoms with Crippen LogP contribution in [0.3, 0.4) is 0 Å². The maximum absolute atomic E-state index is 12.9. The van der Waals surface area contributed by atoms with Crippen molar-refractivity contribution >= 4 is 57.6 Å². The summed E-state index contributed by atoms with van der Waals surface area (Å²) in [6.07, 6.45) is 0. The summed E-state index contributed by atoms with van der Waals surface area (Å²) in [6, 6.07) is 17.4. The normalized spacial score (nSPS) is 22.7. The number of para-hydroxylation sites is 1. The van der Waals surface area contributed by atoms with Gasteiger partial charge < -0.3 is 5.32 Å². The number of nitrogens with one attached hydrogen (secondary N) is 1. The van der Waals surface area contributed by atoms with Crippen molar-refractivity contribution < 1.29 is 9.59 Å². The minimum Gasteiger partial charge on any atom is -0.324 e. The molecule has 2 aliphatic heterocycles. The topological polar surface area (TPSA) is 49.4 Å². The number of anilines is 1. The predicted molar refractivity (Wildman–Crippen MR) is 106 cm³/mol. The van der Waals surface area contributed by atoms with Crippen molar-refractivity contribution in [3.8, 4) is 0 Å². The summed E-state index contributed by atoms with van der Waals surface area (Å²) in [5, 5.41) is 1.93. The average molecular weight is 387 g/mol. The number of carbonyl (C=O) groups excluding carboxylic acids is 2. The number of hydrogen-bond donors (Lipinski definition) is 1. The molecule has 0 spiro atoms. The van der Waals surface area contributed by atoms with Crippen molar-refractivity contribution in [2.75, 3.05) is 5.32 Å². The maximum Gasteiger partial charge on any atom is 0.243 e. The summed E-state index contributed by atoms with van der Waals surface area (Å²) >= 11 is 8.16. The van der Waals surface area contributed by atoms with Gasteiger partial charge in [-0.25, -0.2) is 0 Å². The van der Waals surface area contributed by atoms with Crippen molar-refractivity contribution in [1.29, 1.82) is 0 Å². The highest BCUT2D eigenvalue weighted by Gasteiger charge is 2.46. The van der Waals surface area contributed by atoms with E-state index in [9.17, 15) is 9.59 Å². The second-order valence-electron chi connectivity index (χ2n) is 5.74. The fraction of sp³-hybridized carbons (Fsp3) is 0.167. The highest BCUT2D eigenvalue weighted by Crippen LogP contribution is 2.43.